The monoisotopic (exact) mass is 433 g/mol. The lowest BCUT2D eigenvalue weighted by molar-refractivity contribution is -0.138. The van der Waals surface area contributed by atoms with Gasteiger partial charge in [0, 0.05) is 25.2 Å². The van der Waals surface area contributed by atoms with Crippen LogP contribution in [-0.4, -0.2) is 17.8 Å². The first kappa shape index (κ1) is 20.9. The zero-order chi connectivity index (χ0) is 21.3. The number of benzene rings is 1. The predicted octanol–water partition coefficient (Wildman–Crippen LogP) is 4.59. The smallest absolute Gasteiger partial charge is 0.417 e. The van der Waals surface area contributed by atoms with E-state index in [1.807, 2.05) is 6.07 Å². The van der Waals surface area contributed by atoms with Gasteiger partial charge >= 0.3 is 12.8 Å². The second kappa shape index (κ2) is 7.91. The predicted molar refractivity (Wildman–Crippen MR) is 91.6 cm³/mol. The number of fused-ring (bicyclic) bond motifs is 1. The Hall–Kier alpha value is -2.80. The highest BCUT2D eigenvalue weighted by molar-refractivity contribution is 6.33. The van der Waals surface area contributed by atoms with Gasteiger partial charge in [0.2, 0.25) is 0 Å². The summed E-state index contributed by atoms with van der Waals surface area (Å²) in [5.74, 6) is -0.471. The first-order chi connectivity index (χ1) is 13.6. The van der Waals surface area contributed by atoms with E-state index in [1.54, 1.807) is 6.07 Å². The number of pyridine rings is 1. The van der Waals surface area contributed by atoms with Crippen molar-refractivity contribution in [1.82, 2.24) is 4.57 Å². The second-order valence-corrected chi connectivity index (χ2v) is 6.52. The molecule has 0 radical (unpaired) electrons. The number of alkyl halides is 5. The summed E-state index contributed by atoms with van der Waals surface area (Å²) in [6.45, 7) is -3.16. The molecule has 1 aromatic heterocycles. The SMILES string of the molecule is Cn1cc(C(F)(F)F)cc(OC(F)F)/c1=N/C1CCOc2c1ccc(C#N)c2Cl. The molecule has 2 heterocycles. The number of hydrogen-bond donors (Lipinski definition) is 0. The Bertz CT molecular complexity index is 1040. The van der Waals surface area contributed by atoms with E-state index >= 15 is 0 Å². The van der Waals surface area contributed by atoms with Gasteiger partial charge in [0.1, 0.15) is 16.8 Å². The molecule has 0 spiro atoms. The topological polar surface area (TPSA) is 59.5 Å². The summed E-state index contributed by atoms with van der Waals surface area (Å²) in [4.78, 5) is 4.35. The van der Waals surface area contributed by atoms with Crippen LogP contribution in [0.25, 0.3) is 0 Å². The molecule has 0 saturated heterocycles. The number of nitriles is 1. The number of nitrogens with zero attached hydrogens (tertiary/aromatic N) is 3. The van der Waals surface area contributed by atoms with E-state index < -0.39 is 30.1 Å². The molecule has 154 valence electrons. The molecule has 0 bridgehead atoms. The molecule has 0 saturated carbocycles. The molecule has 0 amide bonds. The van der Waals surface area contributed by atoms with Crippen LogP contribution in [0.2, 0.25) is 5.02 Å². The van der Waals surface area contributed by atoms with Crippen molar-refractivity contribution in [3.05, 3.63) is 51.6 Å². The van der Waals surface area contributed by atoms with Crippen LogP contribution < -0.4 is 15.0 Å². The Morgan fingerprint density at radius 1 is 1.38 bits per heavy atom. The second-order valence-electron chi connectivity index (χ2n) is 6.14. The molecule has 1 atom stereocenters. The van der Waals surface area contributed by atoms with Crippen LogP contribution in [0.3, 0.4) is 0 Å². The molecular weight excluding hydrogens is 421 g/mol. The van der Waals surface area contributed by atoms with E-state index in [2.05, 4.69) is 9.73 Å². The molecule has 1 aromatic carbocycles. The third-order valence-corrected chi connectivity index (χ3v) is 4.62. The molecule has 11 heteroatoms. The van der Waals surface area contributed by atoms with Gasteiger partial charge in [0.25, 0.3) is 0 Å². The minimum atomic E-state index is -4.75. The van der Waals surface area contributed by atoms with E-state index in [4.69, 9.17) is 21.6 Å². The first-order valence-electron chi connectivity index (χ1n) is 8.23. The number of halogens is 6. The van der Waals surface area contributed by atoms with E-state index in [1.165, 1.54) is 13.1 Å². The minimum Gasteiger partial charge on any atom is -0.492 e. The minimum absolute atomic E-state index is 0.0887. The molecule has 29 heavy (non-hydrogen) atoms. The summed E-state index contributed by atoms with van der Waals surface area (Å²) < 4.78 is 75.5. The van der Waals surface area contributed by atoms with Gasteiger partial charge in [-0.1, -0.05) is 17.7 Å². The van der Waals surface area contributed by atoms with Crippen molar-refractivity contribution in [2.75, 3.05) is 6.61 Å². The van der Waals surface area contributed by atoms with Gasteiger partial charge in [-0.05, 0) is 12.1 Å². The number of aryl methyl sites for hydroxylation is 1. The summed E-state index contributed by atoms with van der Waals surface area (Å²) in [6, 6.07) is 4.77. The fraction of sp³-hybridized carbons (Fsp3) is 0.333. The normalized spacial score (nSPS) is 16.9. The number of hydrogen-bond acceptors (Lipinski definition) is 4. The Morgan fingerprint density at radius 3 is 2.72 bits per heavy atom. The van der Waals surface area contributed by atoms with Crippen molar-refractivity contribution < 1.29 is 31.4 Å². The van der Waals surface area contributed by atoms with Crippen LogP contribution in [0.1, 0.15) is 29.2 Å². The van der Waals surface area contributed by atoms with Crippen LogP contribution in [0.5, 0.6) is 11.5 Å². The highest BCUT2D eigenvalue weighted by Crippen LogP contribution is 2.41. The van der Waals surface area contributed by atoms with Crippen molar-refractivity contribution in [3.63, 3.8) is 0 Å². The highest BCUT2D eigenvalue weighted by atomic mass is 35.5. The van der Waals surface area contributed by atoms with Crippen molar-refractivity contribution in [3.8, 4) is 17.6 Å². The summed E-state index contributed by atoms with van der Waals surface area (Å²) in [6.07, 6.45) is -3.68. The molecule has 0 aliphatic carbocycles. The highest BCUT2D eigenvalue weighted by Gasteiger charge is 2.33. The number of aromatic nitrogens is 1. The maximum atomic E-state index is 13.0. The summed E-state index contributed by atoms with van der Waals surface area (Å²) in [5, 5.41) is 9.16. The fourth-order valence-corrected chi connectivity index (χ4v) is 3.22. The van der Waals surface area contributed by atoms with Crippen LogP contribution in [0, 0.1) is 11.3 Å². The number of rotatable bonds is 3. The molecule has 0 N–H and O–H groups in total. The summed E-state index contributed by atoms with van der Waals surface area (Å²) in [5.41, 5.74) is -0.670. The zero-order valence-electron chi connectivity index (χ0n) is 14.8. The largest absolute Gasteiger partial charge is 0.492 e. The van der Waals surface area contributed by atoms with E-state index in [9.17, 15) is 22.0 Å². The lowest BCUT2D eigenvalue weighted by Gasteiger charge is -2.24. The van der Waals surface area contributed by atoms with E-state index in [-0.39, 0.29) is 28.4 Å². The Kier molecular flexibility index (Phi) is 5.71. The van der Waals surface area contributed by atoms with Crippen molar-refractivity contribution in [2.45, 2.75) is 25.3 Å². The van der Waals surface area contributed by atoms with Gasteiger partial charge < -0.3 is 14.0 Å². The van der Waals surface area contributed by atoms with Gasteiger partial charge in [-0.25, -0.2) is 0 Å². The van der Waals surface area contributed by atoms with Crippen LogP contribution in [0.4, 0.5) is 22.0 Å². The summed E-state index contributed by atoms with van der Waals surface area (Å²) in [7, 11) is 1.25. The fourth-order valence-electron chi connectivity index (χ4n) is 2.96. The number of ether oxygens (including phenoxy) is 2. The third-order valence-electron chi connectivity index (χ3n) is 4.24. The first-order valence-corrected chi connectivity index (χ1v) is 8.61. The van der Waals surface area contributed by atoms with Gasteiger partial charge in [-0.3, -0.25) is 4.99 Å². The van der Waals surface area contributed by atoms with Gasteiger partial charge in [-0.15, -0.1) is 0 Å². The lowest BCUT2D eigenvalue weighted by Crippen LogP contribution is -2.26. The van der Waals surface area contributed by atoms with Gasteiger partial charge in [0.15, 0.2) is 11.2 Å². The maximum absolute atomic E-state index is 13.0. The molecular formula is C18H13ClF5N3O2. The quantitative estimate of drug-likeness (QED) is 0.665. The molecule has 1 aliphatic rings. The molecule has 1 unspecified atom stereocenters. The van der Waals surface area contributed by atoms with Crippen molar-refractivity contribution >= 4 is 11.6 Å². The van der Waals surface area contributed by atoms with Crippen LogP contribution in [-0.2, 0) is 13.2 Å². The van der Waals surface area contributed by atoms with E-state index in [0.717, 1.165) is 10.8 Å². The molecule has 1 aliphatic heterocycles. The van der Waals surface area contributed by atoms with E-state index in [0.29, 0.717) is 18.1 Å². The standard InChI is InChI=1S/C18H13ClF5N3O2/c1-27-8-10(18(22,23)24)6-13(29-17(20)21)16(27)26-12-4-5-28-15-11(12)3-2-9(7-25)14(15)19/h2-3,6,8,12,17H,4-5H2,1H3/b26-16-. The molecule has 0 fully saturated rings. The van der Waals surface area contributed by atoms with Gasteiger partial charge in [-0.2, -0.15) is 27.2 Å². The molecule has 3 rings (SSSR count). The van der Waals surface area contributed by atoms with Crippen LogP contribution in [0.15, 0.2) is 29.4 Å². The summed E-state index contributed by atoms with van der Waals surface area (Å²) >= 11 is 6.15. The average molecular weight is 434 g/mol. The Morgan fingerprint density at radius 2 is 2.10 bits per heavy atom. The van der Waals surface area contributed by atoms with Crippen molar-refractivity contribution in [1.29, 1.82) is 5.26 Å². The van der Waals surface area contributed by atoms with Gasteiger partial charge in [0.05, 0.1) is 23.8 Å². The average Bonchev–Trinajstić information content (AvgIpc) is 2.63. The lowest BCUT2D eigenvalue weighted by atomic mass is 9.99. The Balaban J connectivity index is 2.17. The maximum Gasteiger partial charge on any atom is 0.417 e. The molecule has 5 nitrogen and oxygen atoms in total. The van der Waals surface area contributed by atoms with Crippen LogP contribution >= 0.6 is 11.6 Å². The third kappa shape index (κ3) is 4.29. The molecule has 2 aromatic rings. The van der Waals surface area contributed by atoms with Crippen molar-refractivity contribution in [2.24, 2.45) is 12.0 Å². The Labute approximate surface area is 166 Å². The zero-order valence-corrected chi connectivity index (χ0v) is 15.6.